The summed E-state index contributed by atoms with van der Waals surface area (Å²) in [6.45, 7) is 7.53. The molecule has 0 bridgehead atoms. The van der Waals surface area contributed by atoms with Crippen LogP contribution in [-0.2, 0) is 19.0 Å². The van der Waals surface area contributed by atoms with Crippen molar-refractivity contribution in [1.82, 2.24) is 0 Å². The molecule has 2 saturated carbocycles. The van der Waals surface area contributed by atoms with E-state index in [0.29, 0.717) is 11.8 Å². The Morgan fingerprint density at radius 2 is 1.66 bits per heavy atom. The van der Waals surface area contributed by atoms with E-state index in [1.807, 2.05) is 0 Å². The Labute approximate surface area is 178 Å². The largest absolute Gasteiger partial charge is 0.462 e. The molecule has 168 valence electrons. The van der Waals surface area contributed by atoms with Gasteiger partial charge < -0.3 is 14.2 Å². The van der Waals surface area contributed by atoms with Crippen molar-refractivity contribution in [3.05, 3.63) is 0 Å². The summed E-state index contributed by atoms with van der Waals surface area (Å²) in [6.07, 6.45) is 15.1. The maximum absolute atomic E-state index is 12.7. The number of ether oxygens (including phenoxy) is 3. The van der Waals surface area contributed by atoms with Crippen LogP contribution in [0.5, 0.6) is 0 Å². The van der Waals surface area contributed by atoms with Crippen LogP contribution in [0.2, 0.25) is 0 Å². The fourth-order valence-corrected chi connectivity index (χ4v) is 5.58. The quantitative estimate of drug-likeness (QED) is 0.444. The first-order valence-corrected chi connectivity index (χ1v) is 12.6. The molecule has 3 atom stereocenters. The first kappa shape index (κ1) is 23.1. The highest BCUT2D eigenvalue weighted by molar-refractivity contribution is 5.72. The Morgan fingerprint density at radius 1 is 0.931 bits per heavy atom. The second-order valence-electron chi connectivity index (χ2n) is 9.93. The van der Waals surface area contributed by atoms with Crippen molar-refractivity contribution in [2.24, 2.45) is 23.7 Å². The molecule has 1 saturated heterocycles. The number of esters is 1. The minimum Gasteiger partial charge on any atom is -0.462 e. The van der Waals surface area contributed by atoms with Gasteiger partial charge in [-0.15, -0.1) is 0 Å². The maximum Gasteiger partial charge on any atom is 0.309 e. The van der Waals surface area contributed by atoms with Gasteiger partial charge in [0.25, 0.3) is 0 Å². The number of hydrogen-bond acceptors (Lipinski definition) is 4. The molecule has 0 aromatic heterocycles. The predicted molar refractivity (Wildman–Crippen MR) is 115 cm³/mol. The van der Waals surface area contributed by atoms with E-state index in [0.717, 1.165) is 51.0 Å². The summed E-state index contributed by atoms with van der Waals surface area (Å²) < 4.78 is 18.3. The molecule has 4 heteroatoms. The summed E-state index contributed by atoms with van der Waals surface area (Å²) in [5, 5.41) is 0. The van der Waals surface area contributed by atoms with Gasteiger partial charge in [0.05, 0.1) is 18.6 Å². The highest BCUT2D eigenvalue weighted by Crippen LogP contribution is 2.37. The fourth-order valence-electron chi connectivity index (χ4n) is 5.58. The van der Waals surface area contributed by atoms with Crippen molar-refractivity contribution in [3.63, 3.8) is 0 Å². The predicted octanol–water partition coefficient (Wildman–Crippen LogP) is 6.26. The zero-order valence-corrected chi connectivity index (χ0v) is 19.1. The molecule has 0 aromatic carbocycles. The maximum atomic E-state index is 12.7. The molecule has 3 rings (SSSR count). The summed E-state index contributed by atoms with van der Waals surface area (Å²) >= 11 is 0. The van der Waals surface area contributed by atoms with E-state index in [1.54, 1.807) is 0 Å². The Bertz CT molecular complexity index is 477. The molecular weight excluding hydrogens is 364 g/mol. The van der Waals surface area contributed by atoms with E-state index in [9.17, 15) is 4.79 Å². The molecule has 29 heavy (non-hydrogen) atoms. The van der Waals surface area contributed by atoms with E-state index < -0.39 is 0 Å². The summed E-state index contributed by atoms with van der Waals surface area (Å²) in [4.78, 5) is 12.7. The van der Waals surface area contributed by atoms with Crippen LogP contribution in [0.3, 0.4) is 0 Å². The summed E-state index contributed by atoms with van der Waals surface area (Å²) in [6, 6.07) is 0. The lowest BCUT2D eigenvalue weighted by Crippen LogP contribution is -2.43. The first-order chi connectivity index (χ1) is 14.1. The molecule has 3 fully saturated rings. The molecule has 1 heterocycles. The van der Waals surface area contributed by atoms with Crippen LogP contribution in [0.15, 0.2) is 0 Å². The average molecular weight is 409 g/mol. The third-order valence-electron chi connectivity index (χ3n) is 7.68. The van der Waals surface area contributed by atoms with Gasteiger partial charge in [-0.1, -0.05) is 39.5 Å². The van der Waals surface area contributed by atoms with Gasteiger partial charge in [0.15, 0.2) is 6.29 Å². The van der Waals surface area contributed by atoms with Gasteiger partial charge in [-0.3, -0.25) is 4.79 Å². The minimum atomic E-state index is -0.0753. The molecule has 3 aliphatic rings. The standard InChI is InChI=1S/C25H44O4/c1-4-6-8-22-17-27-25(28-18(22)3)21-13-11-20(12-14-21)24(26)29-23-15-9-19(7-5-2)10-16-23/h18-23,25H,4-17H2,1-3H3. The van der Waals surface area contributed by atoms with Crippen LogP contribution in [0.1, 0.15) is 104 Å². The number of unbranched alkanes of at least 4 members (excludes halogenated alkanes) is 1. The molecule has 2 aliphatic carbocycles. The smallest absolute Gasteiger partial charge is 0.309 e. The number of hydrogen-bond donors (Lipinski definition) is 0. The van der Waals surface area contributed by atoms with Gasteiger partial charge >= 0.3 is 5.97 Å². The van der Waals surface area contributed by atoms with E-state index in [-0.39, 0.29) is 30.4 Å². The monoisotopic (exact) mass is 408 g/mol. The summed E-state index contributed by atoms with van der Waals surface area (Å²) in [5.74, 6) is 1.95. The van der Waals surface area contributed by atoms with E-state index in [2.05, 4.69) is 20.8 Å². The first-order valence-electron chi connectivity index (χ1n) is 12.6. The molecule has 0 spiro atoms. The lowest BCUT2D eigenvalue weighted by molar-refractivity contribution is -0.257. The molecule has 4 nitrogen and oxygen atoms in total. The van der Waals surface area contributed by atoms with E-state index in [1.165, 1.54) is 44.9 Å². The van der Waals surface area contributed by atoms with Crippen molar-refractivity contribution in [3.8, 4) is 0 Å². The van der Waals surface area contributed by atoms with Crippen LogP contribution >= 0.6 is 0 Å². The highest BCUT2D eigenvalue weighted by Gasteiger charge is 2.37. The second kappa shape index (κ2) is 11.7. The molecule has 0 amide bonds. The van der Waals surface area contributed by atoms with Gasteiger partial charge in [-0.25, -0.2) is 0 Å². The van der Waals surface area contributed by atoms with Gasteiger partial charge in [-0.2, -0.15) is 0 Å². The Balaban J connectivity index is 1.35. The lowest BCUT2D eigenvalue weighted by atomic mass is 9.81. The average Bonchev–Trinajstić information content (AvgIpc) is 2.74. The Hall–Kier alpha value is -0.610. The third-order valence-corrected chi connectivity index (χ3v) is 7.68. The summed E-state index contributed by atoms with van der Waals surface area (Å²) in [7, 11) is 0. The third kappa shape index (κ3) is 6.69. The van der Waals surface area contributed by atoms with Gasteiger partial charge in [0.1, 0.15) is 6.10 Å². The fraction of sp³-hybridized carbons (Fsp3) is 0.960. The number of rotatable bonds is 8. The zero-order valence-electron chi connectivity index (χ0n) is 19.1. The van der Waals surface area contributed by atoms with E-state index in [4.69, 9.17) is 14.2 Å². The molecular formula is C25H44O4. The molecule has 0 aromatic rings. The van der Waals surface area contributed by atoms with Crippen molar-refractivity contribution < 1.29 is 19.0 Å². The molecule has 0 N–H and O–H groups in total. The van der Waals surface area contributed by atoms with Crippen LogP contribution in [0.4, 0.5) is 0 Å². The molecule has 3 unspecified atom stereocenters. The Kier molecular flexibility index (Phi) is 9.30. The van der Waals surface area contributed by atoms with Gasteiger partial charge in [0, 0.05) is 11.8 Å². The Morgan fingerprint density at radius 3 is 2.28 bits per heavy atom. The van der Waals surface area contributed by atoms with Crippen LogP contribution < -0.4 is 0 Å². The van der Waals surface area contributed by atoms with Crippen LogP contribution in [-0.4, -0.2) is 31.1 Å². The molecule has 0 radical (unpaired) electrons. The van der Waals surface area contributed by atoms with Gasteiger partial charge in [-0.05, 0) is 70.6 Å². The van der Waals surface area contributed by atoms with Gasteiger partial charge in [0.2, 0.25) is 0 Å². The van der Waals surface area contributed by atoms with Crippen molar-refractivity contribution in [2.75, 3.05) is 6.61 Å². The zero-order chi connectivity index (χ0) is 20.6. The SMILES string of the molecule is CCCCC1COC(C2CCC(C(=O)OC3CCC(CCC)CC3)CC2)OC1C. The van der Waals surface area contributed by atoms with Crippen molar-refractivity contribution in [2.45, 2.75) is 123 Å². The van der Waals surface area contributed by atoms with Crippen LogP contribution in [0.25, 0.3) is 0 Å². The normalized spacial score (nSPS) is 38.5. The highest BCUT2D eigenvalue weighted by atomic mass is 16.7. The molecule has 1 aliphatic heterocycles. The van der Waals surface area contributed by atoms with Crippen molar-refractivity contribution >= 4 is 5.97 Å². The van der Waals surface area contributed by atoms with E-state index >= 15 is 0 Å². The second-order valence-corrected chi connectivity index (χ2v) is 9.93. The topological polar surface area (TPSA) is 44.8 Å². The lowest BCUT2D eigenvalue weighted by Gasteiger charge is -2.40. The van der Waals surface area contributed by atoms with Crippen LogP contribution in [0, 0.1) is 23.7 Å². The minimum absolute atomic E-state index is 0.0564. The summed E-state index contributed by atoms with van der Waals surface area (Å²) in [5.41, 5.74) is 0. The van der Waals surface area contributed by atoms with Crippen molar-refractivity contribution in [1.29, 1.82) is 0 Å². The number of carbonyl (C=O) groups excluding carboxylic acids is 1. The number of carbonyl (C=O) groups is 1.